The molecule has 3 rings (SSSR count). The number of amides is 2. The molecule has 0 saturated heterocycles. The van der Waals surface area contributed by atoms with Crippen LogP contribution in [0.3, 0.4) is 0 Å². The van der Waals surface area contributed by atoms with Crippen LogP contribution < -0.4 is 10.2 Å². The SMILES string of the molecule is CCN1C(=O)C(C)(C(=O)Nc2ccc(C)c(C(=O)OC)c2)Sc2ccccc21. The average Bonchev–Trinajstić information content (AvgIpc) is 2.69. The van der Waals surface area contributed by atoms with Gasteiger partial charge in [-0.05, 0) is 50.6 Å². The summed E-state index contributed by atoms with van der Waals surface area (Å²) >= 11 is 1.24. The maximum atomic E-state index is 13.1. The molecule has 1 aliphatic heterocycles. The number of hydrogen-bond donors (Lipinski definition) is 1. The molecule has 0 bridgehead atoms. The third-order valence-corrected chi connectivity index (χ3v) is 6.11. The van der Waals surface area contributed by atoms with E-state index in [0.717, 1.165) is 16.1 Å². The fourth-order valence-electron chi connectivity index (χ4n) is 3.13. The zero-order chi connectivity index (χ0) is 20.5. The topological polar surface area (TPSA) is 75.7 Å². The van der Waals surface area contributed by atoms with Crippen molar-refractivity contribution in [3.63, 3.8) is 0 Å². The number of esters is 1. The van der Waals surface area contributed by atoms with E-state index in [-0.39, 0.29) is 5.91 Å². The number of rotatable bonds is 4. The van der Waals surface area contributed by atoms with Crippen molar-refractivity contribution in [1.82, 2.24) is 0 Å². The lowest BCUT2D eigenvalue weighted by atomic mass is 10.1. The van der Waals surface area contributed by atoms with Crippen molar-refractivity contribution in [3.8, 4) is 0 Å². The van der Waals surface area contributed by atoms with Crippen LogP contribution in [0.5, 0.6) is 0 Å². The molecule has 1 unspecified atom stereocenters. The molecule has 7 heteroatoms. The zero-order valence-electron chi connectivity index (χ0n) is 16.2. The minimum absolute atomic E-state index is 0.267. The van der Waals surface area contributed by atoms with Gasteiger partial charge in [0, 0.05) is 17.1 Å². The Hall–Kier alpha value is -2.80. The van der Waals surface area contributed by atoms with Gasteiger partial charge in [0.1, 0.15) is 0 Å². The molecule has 0 aliphatic carbocycles. The van der Waals surface area contributed by atoms with E-state index in [0.29, 0.717) is 17.8 Å². The summed E-state index contributed by atoms with van der Waals surface area (Å²) in [6.07, 6.45) is 0. The Kier molecular flexibility index (Phi) is 5.47. The van der Waals surface area contributed by atoms with Crippen LogP contribution in [0.1, 0.15) is 29.8 Å². The Labute approximate surface area is 168 Å². The summed E-state index contributed by atoms with van der Waals surface area (Å²) in [4.78, 5) is 40.6. The minimum Gasteiger partial charge on any atom is -0.465 e. The molecule has 146 valence electrons. The maximum absolute atomic E-state index is 13.1. The highest BCUT2D eigenvalue weighted by Gasteiger charge is 2.48. The molecule has 6 nitrogen and oxygen atoms in total. The van der Waals surface area contributed by atoms with Crippen LogP contribution in [0.4, 0.5) is 11.4 Å². The van der Waals surface area contributed by atoms with Gasteiger partial charge in [-0.3, -0.25) is 9.59 Å². The summed E-state index contributed by atoms with van der Waals surface area (Å²) in [5.41, 5.74) is 2.36. The normalized spacial score (nSPS) is 18.4. The number of anilines is 2. The second kappa shape index (κ2) is 7.67. The van der Waals surface area contributed by atoms with Gasteiger partial charge in [0.15, 0.2) is 4.75 Å². The summed E-state index contributed by atoms with van der Waals surface area (Å²) in [6, 6.07) is 12.5. The first-order valence-electron chi connectivity index (χ1n) is 8.92. The number of para-hydroxylation sites is 1. The van der Waals surface area contributed by atoms with Gasteiger partial charge in [-0.15, -0.1) is 0 Å². The Morgan fingerprint density at radius 2 is 1.93 bits per heavy atom. The first kappa shape index (κ1) is 19.9. The molecule has 1 heterocycles. The molecule has 1 aliphatic rings. The summed E-state index contributed by atoms with van der Waals surface area (Å²) in [6.45, 7) is 5.76. The molecule has 1 N–H and O–H groups in total. The van der Waals surface area contributed by atoms with Crippen LogP contribution in [0, 0.1) is 6.92 Å². The van der Waals surface area contributed by atoms with Crippen molar-refractivity contribution < 1.29 is 19.1 Å². The van der Waals surface area contributed by atoms with Crippen LogP contribution in [0.2, 0.25) is 0 Å². The molecule has 0 radical (unpaired) electrons. The van der Waals surface area contributed by atoms with Gasteiger partial charge in [-0.1, -0.05) is 30.0 Å². The van der Waals surface area contributed by atoms with E-state index in [2.05, 4.69) is 5.32 Å². The highest BCUT2D eigenvalue weighted by atomic mass is 32.2. The molecule has 2 amide bonds. The Bertz CT molecular complexity index is 959. The van der Waals surface area contributed by atoms with Gasteiger partial charge in [-0.2, -0.15) is 0 Å². The number of aryl methyl sites for hydroxylation is 1. The van der Waals surface area contributed by atoms with E-state index in [1.165, 1.54) is 18.9 Å². The highest BCUT2D eigenvalue weighted by Crippen LogP contribution is 2.45. The lowest BCUT2D eigenvalue weighted by molar-refractivity contribution is -0.128. The zero-order valence-corrected chi connectivity index (χ0v) is 17.1. The number of carbonyl (C=O) groups is 3. The van der Waals surface area contributed by atoms with E-state index < -0.39 is 16.6 Å². The van der Waals surface area contributed by atoms with Gasteiger partial charge in [0.2, 0.25) is 5.91 Å². The fraction of sp³-hybridized carbons (Fsp3) is 0.286. The number of fused-ring (bicyclic) bond motifs is 1. The standard InChI is InChI=1S/C21H22N2O4S/c1-5-23-16-8-6-7-9-17(16)28-21(3,20(23)26)19(25)22-14-11-10-13(2)15(12-14)18(24)27-4/h6-12H,5H2,1-4H3,(H,22,25). The number of benzene rings is 2. The third-order valence-electron chi connectivity index (χ3n) is 4.77. The summed E-state index contributed by atoms with van der Waals surface area (Å²) in [5.74, 6) is -1.18. The van der Waals surface area contributed by atoms with Crippen molar-refractivity contribution in [2.24, 2.45) is 0 Å². The molecule has 1 atom stereocenters. The Morgan fingerprint density at radius 3 is 2.61 bits per heavy atom. The number of thioether (sulfide) groups is 1. The largest absolute Gasteiger partial charge is 0.465 e. The van der Waals surface area contributed by atoms with Crippen molar-refractivity contribution in [1.29, 1.82) is 0 Å². The van der Waals surface area contributed by atoms with Crippen molar-refractivity contribution in [3.05, 3.63) is 53.6 Å². The smallest absolute Gasteiger partial charge is 0.338 e. The van der Waals surface area contributed by atoms with Crippen LogP contribution >= 0.6 is 11.8 Å². The Balaban J connectivity index is 1.92. The van der Waals surface area contributed by atoms with Gasteiger partial charge < -0.3 is 15.0 Å². The van der Waals surface area contributed by atoms with E-state index in [9.17, 15) is 14.4 Å². The number of nitrogens with one attached hydrogen (secondary N) is 1. The van der Waals surface area contributed by atoms with E-state index in [1.807, 2.05) is 31.2 Å². The first-order valence-corrected chi connectivity index (χ1v) is 9.74. The predicted molar refractivity (Wildman–Crippen MR) is 110 cm³/mol. The number of nitrogens with zero attached hydrogens (tertiary/aromatic N) is 1. The highest BCUT2D eigenvalue weighted by molar-refractivity contribution is 8.02. The predicted octanol–water partition coefficient (Wildman–Crippen LogP) is 3.64. The molecule has 28 heavy (non-hydrogen) atoms. The fourth-order valence-corrected chi connectivity index (χ4v) is 4.34. The maximum Gasteiger partial charge on any atom is 0.338 e. The molecule has 2 aromatic carbocycles. The van der Waals surface area contributed by atoms with E-state index in [1.54, 1.807) is 36.9 Å². The molecular formula is C21H22N2O4S. The number of methoxy groups -OCH3 is 1. The van der Waals surface area contributed by atoms with E-state index in [4.69, 9.17) is 4.74 Å². The molecule has 0 fully saturated rings. The average molecular weight is 398 g/mol. The van der Waals surface area contributed by atoms with Crippen LogP contribution in [0.25, 0.3) is 0 Å². The van der Waals surface area contributed by atoms with Crippen LogP contribution in [-0.2, 0) is 14.3 Å². The number of carbonyl (C=O) groups excluding carboxylic acids is 3. The monoisotopic (exact) mass is 398 g/mol. The van der Waals surface area contributed by atoms with Crippen LogP contribution in [-0.4, -0.2) is 36.2 Å². The van der Waals surface area contributed by atoms with Crippen molar-refractivity contribution in [2.75, 3.05) is 23.9 Å². The molecule has 2 aromatic rings. The molecule has 0 spiro atoms. The van der Waals surface area contributed by atoms with Gasteiger partial charge in [0.05, 0.1) is 18.4 Å². The van der Waals surface area contributed by atoms with Gasteiger partial charge in [0.25, 0.3) is 5.91 Å². The van der Waals surface area contributed by atoms with E-state index >= 15 is 0 Å². The Morgan fingerprint density at radius 1 is 1.21 bits per heavy atom. The third kappa shape index (κ3) is 3.38. The summed E-state index contributed by atoms with van der Waals surface area (Å²) < 4.78 is 3.46. The van der Waals surface area contributed by atoms with Crippen molar-refractivity contribution in [2.45, 2.75) is 30.4 Å². The van der Waals surface area contributed by atoms with Crippen molar-refractivity contribution >= 4 is 40.9 Å². The molecule has 0 aromatic heterocycles. The second-order valence-corrected chi connectivity index (χ2v) is 8.09. The lowest BCUT2D eigenvalue weighted by Crippen LogP contribution is -2.54. The van der Waals surface area contributed by atoms with Gasteiger partial charge >= 0.3 is 5.97 Å². The number of ether oxygens (including phenoxy) is 1. The molecular weight excluding hydrogens is 376 g/mol. The lowest BCUT2D eigenvalue weighted by Gasteiger charge is -2.38. The summed E-state index contributed by atoms with van der Waals surface area (Å²) in [5, 5.41) is 2.79. The molecule has 0 saturated carbocycles. The second-order valence-electron chi connectivity index (χ2n) is 6.63. The van der Waals surface area contributed by atoms with Gasteiger partial charge in [-0.25, -0.2) is 4.79 Å². The summed E-state index contributed by atoms with van der Waals surface area (Å²) in [7, 11) is 1.31. The first-order chi connectivity index (χ1) is 13.3. The quantitative estimate of drug-likeness (QED) is 0.629. The van der Waals surface area contributed by atoms with Crippen LogP contribution in [0.15, 0.2) is 47.4 Å². The minimum atomic E-state index is -1.32. The number of hydrogen-bond acceptors (Lipinski definition) is 5.